The average molecular weight is 350 g/mol. The fraction of sp³-hybridized carbons (Fsp3) is 0.538. The van der Waals surface area contributed by atoms with Crippen LogP contribution in [0.5, 0.6) is 0 Å². The zero-order valence-corrected chi connectivity index (χ0v) is 13.4. The molecule has 1 aromatic carbocycles. The fourth-order valence-corrected chi connectivity index (χ4v) is 4.61. The Morgan fingerprint density at radius 1 is 1.26 bits per heavy atom. The predicted octanol–water partition coefficient (Wildman–Crippen LogP) is 3.40. The summed E-state index contributed by atoms with van der Waals surface area (Å²) in [5.41, 5.74) is 0.187. The van der Waals surface area contributed by atoms with Gasteiger partial charge in [0.15, 0.2) is 0 Å². The number of piperidine rings is 1. The molecule has 6 heteroatoms. The highest BCUT2D eigenvalue weighted by Gasteiger charge is 2.33. The first-order chi connectivity index (χ1) is 8.72. The van der Waals surface area contributed by atoms with Crippen LogP contribution in [0.4, 0.5) is 4.39 Å². The maximum absolute atomic E-state index is 13.0. The minimum Gasteiger partial charge on any atom is -0.207 e. The number of hydrogen-bond acceptors (Lipinski definition) is 2. The molecule has 0 bridgehead atoms. The zero-order valence-electron chi connectivity index (χ0n) is 11.0. The van der Waals surface area contributed by atoms with Gasteiger partial charge in [0.1, 0.15) is 5.82 Å². The Morgan fingerprint density at radius 3 is 2.37 bits per heavy atom. The zero-order chi connectivity index (χ0) is 14.3. The van der Waals surface area contributed by atoms with Crippen molar-refractivity contribution in [2.24, 2.45) is 5.41 Å². The van der Waals surface area contributed by atoms with Crippen molar-refractivity contribution < 1.29 is 12.8 Å². The number of sulfonamides is 1. The second-order valence-electron chi connectivity index (χ2n) is 5.64. The van der Waals surface area contributed by atoms with Crippen molar-refractivity contribution in [3.63, 3.8) is 0 Å². The van der Waals surface area contributed by atoms with Crippen LogP contribution in [0.2, 0.25) is 0 Å². The van der Waals surface area contributed by atoms with Crippen LogP contribution < -0.4 is 0 Å². The summed E-state index contributed by atoms with van der Waals surface area (Å²) in [6, 6.07) is 3.67. The first-order valence-corrected chi connectivity index (χ1v) is 8.41. The molecule has 0 spiro atoms. The lowest BCUT2D eigenvalue weighted by atomic mass is 9.83. The second kappa shape index (κ2) is 5.14. The van der Waals surface area contributed by atoms with Gasteiger partial charge in [-0.15, -0.1) is 0 Å². The number of halogens is 2. The van der Waals surface area contributed by atoms with Crippen LogP contribution in [0.3, 0.4) is 0 Å². The third-order valence-electron chi connectivity index (χ3n) is 3.59. The summed E-state index contributed by atoms with van der Waals surface area (Å²) in [4.78, 5) is 0.133. The van der Waals surface area contributed by atoms with E-state index >= 15 is 0 Å². The fourth-order valence-electron chi connectivity index (χ4n) is 2.16. The number of nitrogens with zero attached hydrogens (tertiary/aromatic N) is 1. The van der Waals surface area contributed by atoms with E-state index in [0.717, 1.165) is 12.8 Å². The molecule has 0 amide bonds. The summed E-state index contributed by atoms with van der Waals surface area (Å²) in [5.74, 6) is -0.453. The molecule has 0 radical (unpaired) electrons. The van der Waals surface area contributed by atoms with E-state index in [-0.39, 0.29) is 14.8 Å². The topological polar surface area (TPSA) is 37.4 Å². The van der Waals surface area contributed by atoms with Crippen molar-refractivity contribution in [2.45, 2.75) is 31.6 Å². The molecule has 0 atom stereocenters. The molecule has 0 saturated carbocycles. The molecular weight excluding hydrogens is 333 g/mol. The molecule has 106 valence electrons. The first-order valence-electron chi connectivity index (χ1n) is 6.18. The van der Waals surface area contributed by atoms with Crippen LogP contribution in [-0.4, -0.2) is 25.8 Å². The SMILES string of the molecule is CC1(C)CCN(S(=O)(=O)c2ccc(F)cc2Br)CC1. The lowest BCUT2D eigenvalue weighted by Crippen LogP contribution is -2.41. The van der Waals surface area contributed by atoms with Crippen molar-refractivity contribution in [1.82, 2.24) is 4.31 Å². The summed E-state index contributed by atoms with van der Waals surface area (Å²) in [6.07, 6.45) is 1.68. The van der Waals surface area contributed by atoms with Gasteiger partial charge < -0.3 is 0 Å². The van der Waals surface area contributed by atoms with Crippen molar-refractivity contribution >= 4 is 26.0 Å². The van der Waals surface area contributed by atoms with Crippen LogP contribution in [0.15, 0.2) is 27.6 Å². The van der Waals surface area contributed by atoms with E-state index in [0.29, 0.717) is 13.1 Å². The molecule has 19 heavy (non-hydrogen) atoms. The Kier molecular flexibility index (Phi) is 4.05. The van der Waals surface area contributed by atoms with Gasteiger partial charge in [-0.3, -0.25) is 0 Å². The largest absolute Gasteiger partial charge is 0.244 e. The minimum absolute atomic E-state index is 0.133. The third-order valence-corrected chi connectivity index (χ3v) is 6.46. The molecule has 1 aliphatic heterocycles. The van der Waals surface area contributed by atoms with Gasteiger partial charge in [0.05, 0.1) is 4.90 Å². The van der Waals surface area contributed by atoms with Crippen molar-refractivity contribution in [2.75, 3.05) is 13.1 Å². The van der Waals surface area contributed by atoms with Crippen molar-refractivity contribution in [3.8, 4) is 0 Å². The minimum atomic E-state index is -3.54. The van der Waals surface area contributed by atoms with E-state index in [1.807, 2.05) is 0 Å². The Bertz CT molecular complexity index is 576. The highest BCUT2D eigenvalue weighted by molar-refractivity contribution is 9.10. The van der Waals surface area contributed by atoms with Crippen LogP contribution in [0.1, 0.15) is 26.7 Å². The quantitative estimate of drug-likeness (QED) is 0.820. The van der Waals surface area contributed by atoms with Gasteiger partial charge >= 0.3 is 0 Å². The molecule has 1 aromatic rings. The average Bonchev–Trinajstić information content (AvgIpc) is 2.27. The van der Waals surface area contributed by atoms with Crippen LogP contribution >= 0.6 is 15.9 Å². The van der Waals surface area contributed by atoms with E-state index in [4.69, 9.17) is 0 Å². The maximum atomic E-state index is 13.0. The van der Waals surface area contributed by atoms with Crippen LogP contribution in [0, 0.1) is 11.2 Å². The Labute approximate surface area is 122 Å². The van der Waals surface area contributed by atoms with E-state index in [1.54, 1.807) is 0 Å². The van der Waals surface area contributed by atoms with Crippen LogP contribution in [0.25, 0.3) is 0 Å². The van der Waals surface area contributed by atoms with Gasteiger partial charge in [0.2, 0.25) is 10.0 Å². The van der Waals surface area contributed by atoms with Crippen LogP contribution in [-0.2, 0) is 10.0 Å². The molecular formula is C13H17BrFNO2S. The van der Waals surface area contributed by atoms with Gasteiger partial charge in [0, 0.05) is 17.6 Å². The predicted molar refractivity (Wildman–Crippen MR) is 75.9 cm³/mol. The van der Waals surface area contributed by atoms with Crippen molar-refractivity contribution in [1.29, 1.82) is 0 Å². The summed E-state index contributed by atoms with van der Waals surface area (Å²) in [6.45, 7) is 5.31. The lowest BCUT2D eigenvalue weighted by Gasteiger charge is -2.36. The molecule has 3 nitrogen and oxygen atoms in total. The Balaban J connectivity index is 2.28. The number of hydrogen-bond donors (Lipinski definition) is 0. The Morgan fingerprint density at radius 2 is 1.84 bits per heavy atom. The highest BCUT2D eigenvalue weighted by atomic mass is 79.9. The molecule has 0 aliphatic carbocycles. The van der Waals surface area contributed by atoms with Gasteiger partial charge in [-0.2, -0.15) is 4.31 Å². The standard InChI is InChI=1S/C13H17BrFNO2S/c1-13(2)5-7-16(8-6-13)19(17,18)12-4-3-10(15)9-11(12)14/h3-4,9H,5-8H2,1-2H3. The molecule has 0 N–H and O–H groups in total. The van der Waals surface area contributed by atoms with Gasteiger partial charge in [-0.1, -0.05) is 13.8 Å². The molecule has 1 saturated heterocycles. The molecule has 1 heterocycles. The molecule has 0 aromatic heterocycles. The highest BCUT2D eigenvalue weighted by Crippen LogP contribution is 2.34. The van der Waals surface area contributed by atoms with E-state index in [9.17, 15) is 12.8 Å². The van der Waals surface area contributed by atoms with Gasteiger partial charge in [-0.25, -0.2) is 12.8 Å². The third kappa shape index (κ3) is 3.17. The molecule has 0 unspecified atom stereocenters. The van der Waals surface area contributed by atoms with Crippen molar-refractivity contribution in [3.05, 3.63) is 28.5 Å². The van der Waals surface area contributed by atoms with E-state index in [2.05, 4.69) is 29.8 Å². The van der Waals surface area contributed by atoms with E-state index < -0.39 is 15.8 Å². The van der Waals surface area contributed by atoms with Gasteiger partial charge in [-0.05, 0) is 52.4 Å². The lowest BCUT2D eigenvalue weighted by molar-refractivity contribution is 0.196. The molecule has 2 rings (SSSR count). The molecule has 1 aliphatic rings. The molecule has 1 fully saturated rings. The summed E-state index contributed by atoms with van der Waals surface area (Å²) in [7, 11) is -3.54. The second-order valence-corrected chi connectivity index (χ2v) is 8.40. The number of benzene rings is 1. The van der Waals surface area contributed by atoms with Gasteiger partial charge in [0.25, 0.3) is 0 Å². The van der Waals surface area contributed by atoms with E-state index in [1.165, 1.54) is 22.5 Å². The Hall–Kier alpha value is -0.460. The summed E-state index contributed by atoms with van der Waals surface area (Å²) in [5, 5.41) is 0. The maximum Gasteiger partial charge on any atom is 0.244 e. The monoisotopic (exact) mass is 349 g/mol. The smallest absolute Gasteiger partial charge is 0.207 e. The first kappa shape index (κ1) is 14.9. The normalized spacial score (nSPS) is 20.4. The summed E-state index contributed by atoms with van der Waals surface area (Å²) >= 11 is 3.13. The number of rotatable bonds is 2. The summed E-state index contributed by atoms with van der Waals surface area (Å²) < 4.78 is 39.8.